The van der Waals surface area contributed by atoms with Crippen LogP contribution < -0.4 is 0 Å². The number of carboxylic acid groups (broad SMARTS) is 1. The average molecular weight is 195 g/mol. The summed E-state index contributed by atoms with van der Waals surface area (Å²) in [6, 6.07) is 6.93. The molecule has 1 aromatic rings. The number of phenolic OH excluding ortho intramolecular Hbond substituents is 1. The number of hydrogen-bond donors (Lipinski definition) is 2. The lowest BCUT2D eigenvalue weighted by molar-refractivity contribution is 0.156. The highest BCUT2D eigenvalue weighted by molar-refractivity contribution is 5.64. The van der Waals surface area contributed by atoms with Crippen LogP contribution in [0.15, 0.2) is 24.3 Å². The van der Waals surface area contributed by atoms with Crippen LogP contribution in [0, 0.1) is 0 Å². The van der Waals surface area contributed by atoms with Crippen molar-refractivity contribution >= 4 is 6.09 Å². The Morgan fingerprint density at radius 2 is 2.07 bits per heavy atom. The van der Waals surface area contributed by atoms with Crippen LogP contribution >= 0.6 is 0 Å². The third-order valence-electron chi connectivity index (χ3n) is 2.03. The van der Waals surface area contributed by atoms with Gasteiger partial charge in [0.15, 0.2) is 0 Å². The van der Waals surface area contributed by atoms with Crippen LogP contribution in [0.1, 0.15) is 5.56 Å². The van der Waals surface area contributed by atoms with Gasteiger partial charge >= 0.3 is 6.09 Å². The van der Waals surface area contributed by atoms with E-state index in [1.807, 2.05) is 6.07 Å². The van der Waals surface area contributed by atoms with Gasteiger partial charge in [-0.3, -0.25) is 0 Å². The molecule has 0 atom stereocenters. The highest BCUT2D eigenvalue weighted by atomic mass is 16.4. The second kappa shape index (κ2) is 4.50. The van der Waals surface area contributed by atoms with E-state index in [-0.39, 0.29) is 5.75 Å². The summed E-state index contributed by atoms with van der Waals surface area (Å²) in [5.41, 5.74) is 0.764. The van der Waals surface area contributed by atoms with E-state index in [1.165, 1.54) is 11.9 Å². The number of nitrogens with zero attached hydrogens (tertiary/aromatic N) is 1. The van der Waals surface area contributed by atoms with Gasteiger partial charge in [0.2, 0.25) is 0 Å². The number of para-hydroxylation sites is 1. The highest BCUT2D eigenvalue weighted by Crippen LogP contribution is 2.15. The van der Waals surface area contributed by atoms with Crippen LogP contribution in [0.3, 0.4) is 0 Å². The topological polar surface area (TPSA) is 60.8 Å². The molecule has 1 aromatic carbocycles. The van der Waals surface area contributed by atoms with E-state index in [1.54, 1.807) is 18.2 Å². The van der Waals surface area contributed by atoms with Gasteiger partial charge in [0, 0.05) is 13.6 Å². The van der Waals surface area contributed by atoms with Gasteiger partial charge in [-0.2, -0.15) is 0 Å². The van der Waals surface area contributed by atoms with Crippen molar-refractivity contribution in [2.45, 2.75) is 6.42 Å². The summed E-state index contributed by atoms with van der Waals surface area (Å²) < 4.78 is 0. The van der Waals surface area contributed by atoms with E-state index in [9.17, 15) is 9.90 Å². The third-order valence-corrected chi connectivity index (χ3v) is 2.03. The van der Waals surface area contributed by atoms with E-state index in [0.717, 1.165) is 5.56 Å². The molecule has 0 radical (unpaired) electrons. The van der Waals surface area contributed by atoms with Gasteiger partial charge in [0.1, 0.15) is 5.75 Å². The summed E-state index contributed by atoms with van der Waals surface area (Å²) in [6.45, 7) is 0.382. The Morgan fingerprint density at radius 1 is 1.43 bits per heavy atom. The third kappa shape index (κ3) is 2.65. The molecule has 0 aliphatic carbocycles. The molecule has 1 rings (SSSR count). The zero-order valence-electron chi connectivity index (χ0n) is 7.97. The van der Waals surface area contributed by atoms with Crippen molar-refractivity contribution in [3.63, 3.8) is 0 Å². The van der Waals surface area contributed by atoms with E-state index >= 15 is 0 Å². The van der Waals surface area contributed by atoms with Crippen LogP contribution in [-0.4, -0.2) is 34.8 Å². The molecule has 0 saturated carbocycles. The molecule has 14 heavy (non-hydrogen) atoms. The van der Waals surface area contributed by atoms with Gasteiger partial charge in [0.05, 0.1) is 0 Å². The van der Waals surface area contributed by atoms with Gasteiger partial charge < -0.3 is 15.1 Å². The van der Waals surface area contributed by atoms with Gasteiger partial charge in [-0.05, 0) is 18.1 Å². The number of hydrogen-bond acceptors (Lipinski definition) is 2. The van der Waals surface area contributed by atoms with Gasteiger partial charge in [0.25, 0.3) is 0 Å². The van der Waals surface area contributed by atoms with Crippen LogP contribution in [0.2, 0.25) is 0 Å². The number of carbonyl (C=O) groups is 1. The smallest absolute Gasteiger partial charge is 0.407 e. The molecule has 76 valence electrons. The first-order valence-electron chi connectivity index (χ1n) is 4.32. The van der Waals surface area contributed by atoms with Crippen LogP contribution in [0.4, 0.5) is 4.79 Å². The Kier molecular flexibility index (Phi) is 3.34. The van der Waals surface area contributed by atoms with Crippen molar-refractivity contribution in [3.8, 4) is 5.75 Å². The largest absolute Gasteiger partial charge is 0.508 e. The van der Waals surface area contributed by atoms with Crippen molar-refractivity contribution in [1.29, 1.82) is 0 Å². The van der Waals surface area contributed by atoms with Crippen LogP contribution in [0.5, 0.6) is 5.75 Å². The number of amides is 1. The van der Waals surface area contributed by atoms with Gasteiger partial charge in [-0.25, -0.2) is 4.79 Å². The molecule has 0 fully saturated rings. The number of rotatable bonds is 3. The fourth-order valence-electron chi connectivity index (χ4n) is 1.11. The number of phenols is 1. The lowest BCUT2D eigenvalue weighted by Crippen LogP contribution is -2.26. The number of aromatic hydroxyl groups is 1. The maximum atomic E-state index is 10.5. The van der Waals surface area contributed by atoms with Crippen LogP contribution in [0.25, 0.3) is 0 Å². The summed E-state index contributed by atoms with van der Waals surface area (Å²) in [5.74, 6) is 0.214. The average Bonchev–Trinajstić information content (AvgIpc) is 2.16. The zero-order chi connectivity index (χ0) is 10.6. The zero-order valence-corrected chi connectivity index (χ0v) is 7.97. The molecule has 4 nitrogen and oxygen atoms in total. The first-order valence-corrected chi connectivity index (χ1v) is 4.32. The second-order valence-corrected chi connectivity index (χ2v) is 3.08. The lowest BCUT2D eigenvalue weighted by atomic mass is 10.1. The van der Waals surface area contributed by atoms with Crippen LogP contribution in [-0.2, 0) is 6.42 Å². The predicted molar refractivity (Wildman–Crippen MR) is 52.5 cm³/mol. The minimum absolute atomic E-state index is 0.214. The standard InChI is InChI=1S/C10H13NO3/c1-11(10(13)14)7-6-8-4-2-3-5-9(8)12/h2-5,12H,6-7H2,1H3,(H,13,14). The Morgan fingerprint density at radius 3 is 2.64 bits per heavy atom. The summed E-state index contributed by atoms with van der Waals surface area (Å²) in [5, 5.41) is 18.0. The summed E-state index contributed by atoms with van der Waals surface area (Å²) in [7, 11) is 1.50. The first-order chi connectivity index (χ1) is 6.61. The number of likely N-dealkylation sites (N-methyl/N-ethyl adjacent to an activating group) is 1. The number of benzene rings is 1. The Bertz CT molecular complexity index is 325. The quantitative estimate of drug-likeness (QED) is 0.769. The Labute approximate surface area is 82.4 Å². The first kappa shape index (κ1) is 10.4. The van der Waals surface area contributed by atoms with E-state index in [4.69, 9.17) is 5.11 Å². The Hall–Kier alpha value is -1.71. The monoisotopic (exact) mass is 195 g/mol. The summed E-state index contributed by atoms with van der Waals surface area (Å²) in [4.78, 5) is 11.7. The molecule has 0 aliphatic heterocycles. The summed E-state index contributed by atoms with van der Waals surface area (Å²) >= 11 is 0. The van der Waals surface area contributed by atoms with Crippen molar-refractivity contribution < 1.29 is 15.0 Å². The minimum Gasteiger partial charge on any atom is -0.508 e. The molecule has 0 aromatic heterocycles. The molecular weight excluding hydrogens is 182 g/mol. The molecule has 0 saturated heterocycles. The lowest BCUT2D eigenvalue weighted by Gasteiger charge is -2.12. The van der Waals surface area contributed by atoms with Crippen molar-refractivity contribution in [3.05, 3.63) is 29.8 Å². The van der Waals surface area contributed by atoms with Gasteiger partial charge in [-0.15, -0.1) is 0 Å². The second-order valence-electron chi connectivity index (χ2n) is 3.08. The van der Waals surface area contributed by atoms with Gasteiger partial charge in [-0.1, -0.05) is 18.2 Å². The Balaban J connectivity index is 2.54. The molecule has 1 amide bonds. The molecule has 0 heterocycles. The maximum Gasteiger partial charge on any atom is 0.407 e. The van der Waals surface area contributed by atoms with E-state index in [0.29, 0.717) is 13.0 Å². The summed E-state index contributed by atoms with van der Waals surface area (Å²) in [6.07, 6.45) is -0.435. The van der Waals surface area contributed by atoms with Crippen molar-refractivity contribution in [1.82, 2.24) is 4.90 Å². The van der Waals surface area contributed by atoms with Crippen molar-refractivity contribution in [2.24, 2.45) is 0 Å². The van der Waals surface area contributed by atoms with E-state index in [2.05, 4.69) is 0 Å². The fourth-order valence-corrected chi connectivity index (χ4v) is 1.11. The molecule has 0 bridgehead atoms. The molecule has 4 heteroatoms. The van der Waals surface area contributed by atoms with Crippen molar-refractivity contribution in [2.75, 3.05) is 13.6 Å². The minimum atomic E-state index is -0.958. The predicted octanol–water partition coefficient (Wildman–Crippen LogP) is 1.54. The molecule has 0 aliphatic rings. The molecule has 0 unspecified atom stereocenters. The normalized spacial score (nSPS) is 9.79. The van der Waals surface area contributed by atoms with E-state index < -0.39 is 6.09 Å². The molecule has 2 N–H and O–H groups in total. The molecular formula is C10H13NO3. The maximum absolute atomic E-state index is 10.5. The fraction of sp³-hybridized carbons (Fsp3) is 0.300. The highest BCUT2D eigenvalue weighted by Gasteiger charge is 2.06. The molecule has 0 spiro atoms. The SMILES string of the molecule is CN(CCc1ccccc1O)C(=O)O.